The van der Waals surface area contributed by atoms with Crippen LogP contribution in [0.3, 0.4) is 0 Å². The Hall–Kier alpha value is -4.09. The van der Waals surface area contributed by atoms with Gasteiger partial charge in [0, 0.05) is 46.4 Å². The number of halogens is 1. The van der Waals surface area contributed by atoms with Crippen molar-refractivity contribution in [2.45, 2.75) is 12.1 Å². The first-order chi connectivity index (χ1) is 16.9. The molecule has 0 unspecified atom stereocenters. The molecule has 1 amide bonds. The lowest BCUT2D eigenvalue weighted by Crippen LogP contribution is -2.20. The van der Waals surface area contributed by atoms with Crippen molar-refractivity contribution < 1.29 is 9.72 Å². The zero-order valence-electron chi connectivity index (χ0n) is 18.3. The summed E-state index contributed by atoms with van der Waals surface area (Å²) in [6, 6.07) is 15.5. The Labute approximate surface area is 209 Å². The van der Waals surface area contributed by atoms with Gasteiger partial charge in [-0.3, -0.25) is 24.5 Å². The largest absolute Gasteiger partial charge is 0.272 e. The van der Waals surface area contributed by atoms with E-state index in [0.717, 1.165) is 16.8 Å². The SMILES string of the molecule is Cc1ccc(-n2c(SCC(=O)N/N=C\c3cc([N+](=O)[O-])ccc3Cl)nnc2-c2ccncc2)cc1. The molecule has 0 aliphatic rings. The molecular formula is C23H18ClN7O3S. The van der Waals surface area contributed by atoms with Crippen LogP contribution in [0.2, 0.25) is 5.02 Å². The Bertz CT molecular complexity index is 1390. The fourth-order valence-corrected chi connectivity index (χ4v) is 3.97. The molecular weight excluding hydrogens is 490 g/mol. The maximum atomic E-state index is 12.4. The van der Waals surface area contributed by atoms with Gasteiger partial charge in [-0.15, -0.1) is 10.2 Å². The molecule has 35 heavy (non-hydrogen) atoms. The van der Waals surface area contributed by atoms with Gasteiger partial charge in [0.25, 0.3) is 11.6 Å². The summed E-state index contributed by atoms with van der Waals surface area (Å²) >= 11 is 7.24. The highest BCUT2D eigenvalue weighted by molar-refractivity contribution is 7.99. The molecule has 12 heteroatoms. The van der Waals surface area contributed by atoms with Gasteiger partial charge in [0.1, 0.15) is 0 Å². The third-order valence-electron chi connectivity index (χ3n) is 4.78. The number of carbonyl (C=O) groups excluding carboxylic acids is 1. The second-order valence-electron chi connectivity index (χ2n) is 7.26. The number of non-ortho nitro benzene ring substituents is 1. The molecule has 0 bridgehead atoms. The van der Waals surface area contributed by atoms with Crippen LogP contribution in [-0.2, 0) is 4.79 Å². The van der Waals surface area contributed by atoms with Gasteiger partial charge in [0.15, 0.2) is 11.0 Å². The molecule has 0 saturated heterocycles. The molecule has 0 fully saturated rings. The smallest absolute Gasteiger partial charge is 0.270 e. The average molecular weight is 508 g/mol. The fraction of sp³-hybridized carbons (Fsp3) is 0.0870. The number of hydrazone groups is 1. The Morgan fingerprint density at radius 1 is 1.17 bits per heavy atom. The van der Waals surface area contributed by atoms with E-state index in [0.29, 0.717) is 16.5 Å². The number of nitro benzene ring substituents is 1. The summed E-state index contributed by atoms with van der Waals surface area (Å²) in [5.74, 6) is 0.245. The first kappa shape index (κ1) is 24.0. The van der Waals surface area contributed by atoms with Crippen LogP contribution in [0.1, 0.15) is 11.1 Å². The summed E-state index contributed by atoms with van der Waals surface area (Å²) in [7, 11) is 0. The van der Waals surface area contributed by atoms with Crippen LogP contribution >= 0.6 is 23.4 Å². The molecule has 4 rings (SSSR count). The Morgan fingerprint density at radius 2 is 1.91 bits per heavy atom. The van der Waals surface area contributed by atoms with E-state index in [9.17, 15) is 14.9 Å². The molecule has 176 valence electrons. The number of aryl methyl sites for hydroxylation is 1. The van der Waals surface area contributed by atoms with Crippen LogP contribution in [0.4, 0.5) is 5.69 Å². The summed E-state index contributed by atoms with van der Waals surface area (Å²) in [6.07, 6.45) is 4.61. The lowest BCUT2D eigenvalue weighted by molar-refractivity contribution is -0.384. The van der Waals surface area contributed by atoms with E-state index in [1.54, 1.807) is 12.4 Å². The van der Waals surface area contributed by atoms with Crippen LogP contribution in [0, 0.1) is 17.0 Å². The van der Waals surface area contributed by atoms with Crippen molar-refractivity contribution >= 4 is 41.2 Å². The van der Waals surface area contributed by atoms with E-state index in [4.69, 9.17) is 11.6 Å². The number of thioether (sulfide) groups is 1. The van der Waals surface area contributed by atoms with Crippen molar-refractivity contribution in [2.75, 3.05) is 5.75 Å². The van der Waals surface area contributed by atoms with Crippen LogP contribution in [0.25, 0.3) is 17.1 Å². The minimum atomic E-state index is -0.534. The Balaban J connectivity index is 1.49. The first-order valence-corrected chi connectivity index (χ1v) is 11.6. The zero-order valence-corrected chi connectivity index (χ0v) is 19.9. The minimum Gasteiger partial charge on any atom is -0.272 e. The van der Waals surface area contributed by atoms with Crippen LogP contribution in [0.5, 0.6) is 0 Å². The number of hydrogen-bond acceptors (Lipinski definition) is 8. The summed E-state index contributed by atoms with van der Waals surface area (Å²) in [5.41, 5.74) is 5.39. The second kappa shape index (κ2) is 10.9. The first-order valence-electron chi connectivity index (χ1n) is 10.2. The summed E-state index contributed by atoms with van der Waals surface area (Å²) in [4.78, 5) is 26.8. The third kappa shape index (κ3) is 5.89. The molecule has 2 aromatic carbocycles. The lowest BCUT2D eigenvalue weighted by atomic mass is 10.2. The van der Waals surface area contributed by atoms with Crippen LogP contribution in [0.15, 0.2) is 77.2 Å². The predicted octanol–water partition coefficient (Wildman–Crippen LogP) is 4.44. The van der Waals surface area contributed by atoms with Crippen molar-refractivity contribution in [1.82, 2.24) is 25.2 Å². The number of amides is 1. The van der Waals surface area contributed by atoms with Gasteiger partial charge in [-0.1, -0.05) is 41.1 Å². The molecule has 0 atom stereocenters. The Morgan fingerprint density at radius 3 is 2.63 bits per heavy atom. The number of nitro groups is 1. The highest BCUT2D eigenvalue weighted by Gasteiger charge is 2.17. The normalized spacial score (nSPS) is 11.0. The molecule has 0 spiro atoms. The number of pyridine rings is 1. The van der Waals surface area contributed by atoms with Crippen molar-refractivity contribution in [3.8, 4) is 17.1 Å². The minimum absolute atomic E-state index is 0.0142. The van der Waals surface area contributed by atoms with E-state index in [-0.39, 0.29) is 16.5 Å². The number of nitrogens with zero attached hydrogens (tertiary/aromatic N) is 6. The molecule has 2 aromatic heterocycles. The number of hydrogen-bond donors (Lipinski definition) is 1. The van der Waals surface area contributed by atoms with E-state index in [1.165, 1.54) is 36.2 Å². The van der Waals surface area contributed by atoms with Crippen molar-refractivity contribution in [3.05, 3.63) is 93.3 Å². The number of nitrogens with one attached hydrogen (secondary N) is 1. The topological polar surface area (TPSA) is 128 Å². The van der Waals surface area contributed by atoms with Gasteiger partial charge < -0.3 is 0 Å². The third-order valence-corrected chi connectivity index (χ3v) is 6.05. The lowest BCUT2D eigenvalue weighted by Gasteiger charge is -2.10. The maximum absolute atomic E-state index is 12.4. The molecule has 2 heterocycles. The van der Waals surface area contributed by atoms with E-state index >= 15 is 0 Å². The second-order valence-corrected chi connectivity index (χ2v) is 8.61. The van der Waals surface area contributed by atoms with Crippen LogP contribution in [-0.4, -0.2) is 42.5 Å². The number of benzene rings is 2. The van der Waals surface area contributed by atoms with Gasteiger partial charge in [-0.2, -0.15) is 5.10 Å². The fourth-order valence-electron chi connectivity index (χ4n) is 3.06. The number of carbonyl (C=O) groups is 1. The molecule has 1 N–H and O–H groups in total. The van der Waals surface area contributed by atoms with Crippen molar-refractivity contribution in [3.63, 3.8) is 0 Å². The van der Waals surface area contributed by atoms with Crippen molar-refractivity contribution in [2.24, 2.45) is 5.10 Å². The molecule has 0 radical (unpaired) electrons. The predicted molar refractivity (Wildman–Crippen MR) is 134 cm³/mol. The zero-order chi connectivity index (χ0) is 24.8. The monoisotopic (exact) mass is 507 g/mol. The molecule has 0 aliphatic carbocycles. The number of aromatic nitrogens is 4. The molecule has 10 nitrogen and oxygen atoms in total. The number of rotatable bonds is 8. The highest BCUT2D eigenvalue weighted by Crippen LogP contribution is 2.28. The van der Waals surface area contributed by atoms with Gasteiger partial charge in [-0.25, -0.2) is 5.43 Å². The summed E-state index contributed by atoms with van der Waals surface area (Å²) < 4.78 is 1.87. The van der Waals surface area contributed by atoms with Gasteiger partial charge in [-0.05, 0) is 37.3 Å². The maximum Gasteiger partial charge on any atom is 0.270 e. The van der Waals surface area contributed by atoms with E-state index in [1.807, 2.05) is 47.9 Å². The summed E-state index contributed by atoms with van der Waals surface area (Å²) in [6.45, 7) is 2.00. The standard InChI is InChI=1S/C23H18ClN7O3S/c1-15-2-4-18(5-3-15)30-22(16-8-10-25-11-9-16)28-29-23(30)35-14-21(32)27-26-13-17-12-19(31(33)34)6-7-20(17)24/h2-13H,14H2,1H3,(H,27,32)/b26-13-. The van der Waals surface area contributed by atoms with Gasteiger partial charge >= 0.3 is 0 Å². The Kier molecular flexibility index (Phi) is 7.48. The summed E-state index contributed by atoms with van der Waals surface area (Å²) in [5, 5.41) is 24.2. The van der Waals surface area contributed by atoms with E-state index < -0.39 is 10.8 Å². The molecule has 4 aromatic rings. The van der Waals surface area contributed by atoms with Crippen LogP contribution < -0.4 is 5.43 Å². The van der Waals surface area contributed by atoms with E-state index in [2.05, 4.69) is 25.7 Å². The van der Waals surface area contributed by atoms with Crippen molar-refractivity contribution in [1.29, 1.82) is 0 Å². The molecule has 0 saturated carbocycles. The van der Waals surface area contributed by atoms with Gasteiger partial charge in [0.05, 0.1) is 16.9 Å². The molecule has 0 aliphatic heterocycles. The quantitative estimate of drug-likeness (QED) is 0.161. The average Bonchev–Trinajstić information content (AvgIpc) is 3.29. The van der Waals surface area contributed by atoms with Gasteiger partial charge in [0.2, 0.25) is 0 Å². The highest BCUT2D eigenvalue weighted by atomic mass is 35.5.